The Labute approximate surface area is 101 Å². The third kappa shape index (κ3) is 4.08. The highest BCUT2D eigenvalue weighted by molar-refractivity contribution is 4.97. The van der Waals surface area contributed by atoms with Crippen LogP contribution in [0.1, 0.15) is 65.7 Å². The van der Waals surface area contributed by atoms with Crippen LogP contribution in [0.25, 0.3) is 0 Å². The molecule has 94 valence electrons. The molecular weight excluding hydrogens is 194 g/mol. The molecule has 0 bridgehead atoms. The zero-order valence-electron chi connectivity index (χ0n) is 11.3. The lowest BCUT2D eigenvalue weighted by Crippen LogP contribution is -2.39. The Balaban J connectivity index is 1.62. The molecule has 2 aliphatic carbocycles. The lowest BCUT2D eigenvalue weighted by atomic mass is 10.0. The Bertz CT molecular complexity index is 191. The highest BCUT2D eigenvalue weighted by Crippen LogP contribution is 2.44. The van der Waals surface area contributed by atoms with Gasteiger partial charge in [-0.1, -0.05) is 26.7 Å². The van der Waals surface area contributed by atoms with Crippen LogP contribution in [-0.2, 0) is 0 Å². The van der Waals surface area contributed by atoms with Gasteiger partial charge in [0.25, 0.3) is 0 Å². The normalized spacial score (nSPS) is 23.1. The molecule has 1 unspecified atom stereocenters. The van der Waals surface area contributed by atoms with Crippen molar-refractivity contribution in [2.75, 3.05) is 0 Å². The number of nitrogens with one attached hydrogen (secondary N) is 1. The quantitative estimate of drug-likeness (QED) is 0.656. The van der Waals surface area contributed by atoms with Gasteiger partial charge in [-0.15, -0.1) is 0 Å². The van der Waals surface area contributed by atoms with Gasteiger partial charge in [0, 0.05) is 12.1 Å². The van der Waals surface area contributed by atoms with Gasteiger partial charge < -0.3 is 5.32 Å². The van der Waals surface area contributed by atoms with E-state index in [1.165, 1.54) is 44.9 Å². The predicted molar refractivity (Wildman–Crippen MR) is 70.5 cm³/mol. The Morgan fingerprint density at radius 1 is 0.938 bits per heavy atom. The molecule has 0 aromatic carbocycles. The zero-order valence-corrected chi connectivity index (χ0v) is 11.3. The van der Waals surface area contributed by atoms with Crippen molar-refractivity contribution in [1.29, 1.82) is 0 Å². The van der Waals surface area contributed by atoms with E-state index < -0.39 is 0 Å². The average Bonchev–Trinajstić information content (AvgIpc) is 3.06. The minimum absolute atomic E-state index is 0.741. The summed E-state index contributed by atoms with van der Waals surface area (Å²) >= 11 is 0. The van der Waals surface area contributed by atoms with Gasteiger partial charge in [-0.3, -0.25) is 0 Å². The summed E-state index contributed by atoms with van der Waals surface area (Å²) in [6.07, 6.45) is 10.1. The fraction of sp³-hybridized carbons (Fsp3) is 1.00. The predicted octanol–water partition coefficient (Wildman–Crippen LogP) is 3.98. The van der Waals surface area contributed by atoms with Gasteiger partial charge in [0.15, 0.2) is 0 Å². The fourth-order valence-electron chi connectivity index (χ4n) is 2.81. The lowest BCUT2D eigenvalue weighted by molar-refractivity contribution is 0.351. The van der Waals surface area contributed by atoms with Crippen LogP contribution in [0.2, 0.25) is 0 Å². The highest BCUT2D eigenvalue weighted by atomic mass is 15.0. The smallest absolute Gasteiger partial charge is 0.0126 e. The van der Waals surface area contributed by atoms with E-state index >= 15 is 0 Å². The van der Waals surface area contributed by atoms with Crippen molar-refractivity contribution in [2.45, 2.75) is 77.8 Å². The first-order valence-corrected chi connectivity index (χ1v) is 7.43. The monoisotopic (exact) mass is 223 g/mol. The van der Waals surface area contributed by atoms with Crippen molar-refractivity contribution in [3.8, 4) is 0 Å². The summed E-state index contributed by atoms with van der Waals surface area (Å²) in [6, 6.07) is 1.62. The van der Waals surface area contributed by atoms with Crippen LogP contribution in [0.15, 0.2) is 0 Å². The molecule has 1 heteroatoms. The molecule has 1 atom stereocenters. The van der Waals surface area contributed by atoms with E-state index in [0.29, 0.717) is 0 Å². The molecule has 2 saturated carbocycles. The molecule has 16 heavy (non-hydrogen) atoms. The van der Waals surface area contributed by atoms with Crippen LogP contribution in [0.5, 0.6) is 0 Å². The molecule has 0 radical (unpaired) electrons. The Kier molecular flexibility index (Phi) is 4.29. The maximum atomic E-state index is 3.91. The van der Waals surface area contributed by atoms with E-state index in [4.69, 9.17) is 0 Å². The minimum atomic E-state index is 0.741. The SMILES string of the molecule is CC(C)CCCC(C)NC(C1CC1)C1CC1. The zero-order chi connectivity index (χ0) is 11.5. The van der Waals surface area contributed by atoms with E-state index in [1.54, 1.807) is 0 Å². The first-order valence-electron chi connectivity index (χ1n) is 7.43. The maximum Gasteiger partial charge on any atom is 0.0126 e. The van der Waals surface area contributed by atoms with Crippen molar-refractivity contribution in [3.63, 3.8) is 0 Å². The van der Waals surface area contributed by atoms with Gasteiger partial charge in [-0.2, -0.15) is 0 Å². The van der Waals surface area contributed by atoms with E-state index in [1.807, 2.05) is 0 Å². The van der Waals surface area contributed by atoms with Gasteiger partial charge in [0.1, 0.15) is 0 Å². The van der Waals surface area contributed by atoms with Crippen molar-refractivity contribution in [1.82, 2.24) is 5.32 Å². The number of hydrogen-bond donors (Lipinski definition) is 1. The molecule has 0 aromatic rings. The van der Waals surface area contributed by atoms with E-state index in [2.05, 4.69) is 26.1 Å². The second-order valence-corrected chi connectivity index (χ2v) is 6.59. The fourth-order valence-corrected chi connectivity index (χ4v) is 2.81. The molecule has 0 aliphatic heterocycles. The summed E-state index contributed by atoms with van der Waals surface area (Å²) in [6.45, 7) is 7.04. The van der Waals surface area contributed by atoms with Crippen molar-refractivity contribution >= 4 is 0 Å². The largest absolute Gasteiger partial charge is 0.311 e. The molecule has 1 nitrogen and oxygen atoms in total. The maximum absolute atomic E-state index is 3.91. The molecule has 0 spiro atoms. The van der Waals surface area contributed by atoms with Gasteiger partial charge in [0.05, 0.1) is 0 Å². The first-order chi connectivity index (χ1) is 7.66. The van der Waals surface area contributed by atoms with Gasteiger partial charge in [-0.25, -0.2) is 0 Å². The minimum Gasteiger partial charge on any atom is -0.311 e. The van der Waals surface area contributed by atoms with Crippen LogP contribution >= 0.6 is 0 Å². The van der Waals surface area contributed by atoms with E-state index in [-0.39, 0.29) is 0 Å². The molecule has 0 amide bonds. The van der Waals surface area contributed by atoms with Crippen molar-refractivity contribution < 1.29 is 0 Å². The second-order valence-electron chi connectivity index (χ2n) is 6.59. The van der Waals surface area contributed by atoms with Crippen molar-refractivity contribution in [2.24, 2.45) is 17.8 Å². The standard InChI is InChI=1S/C15H29N/c1-11(2)5-4-6-12(3)16-15(13-7-8-13)14-9-10-14/h11-16H,4-10H2,1-3H3. The average molecular weight is 223 g/mol. The molecule has 2 fully saturated rings. The Hall–Kier alpha value is -0.0400. The summed E-state index contributed by atoms with van der Waals surface area (Å²) in [5, 5.41) is 3.91. The summed E-state index contributed by atoms with van der Waals surface area (Å²) in [5.41, 5.74) is 0. The topological polar surface area (TPSA) is 12.0 Å². The van der Waals surface area contributed by atoms with E-state index in [9.17, 15) is 0 Å². The van der Waals surface area contributed by atoms with E-state index in [0.717, 1.165) is 29.8 Å². The lowest BCUT2D eigenvalue weighted by Gasteiger charge is -2.23. The summed E-state index contributed by atoms with van der Waals surface area (Å²) in [5.74, 6) is 2.95. The second kappa shape index (κ2) is 5.53. The molecule has 1 N–H and O–H groups in total. The molecule has 2 rings (SSSR count). The number of hydrogen-bond acceptors (Lipinski definition) is 1. The van der Waals surface area contributed by atoms with Crippen LogP contribution in [-0.4, -0.2) is 12.1 Å². The summed E-state index contributed by atoms with van der Waals surface area (Å²) in [7, 11) is 0. The van der Waals surface area contributed by atoms with Crippen molar-refractivity contribution in [3.05, 3.63) is 0 Å². The van der Waals surface area contributed by atoms with Gasteiger partial charge in [0.2, 0.25) is 0 Å². The highest BCUT2D eigenvalue weighted by Gasteiger charge is 2.41. The molecule has 0 heterocycles. The Morgan fingerprint density at radius 3 is 1.94 bits per heavy atom. The third-order valence-electron chi connectivity index (χ3n) is 4.16. The molecule has 2 aliphatic rings. The van der Waals surface area contributed by atoms with Crippen LogP contribution in [0.4, 0.5) is 0 Å². The molecule has 0 saturated heterocycles. The van der Waals surface area contributed by atoms with Crippen LogP contribution in [0, 0.1) is 17.8 Å². The van der Waals surface area contributed by atoms with Gasteiger partial charge in [-0.05, 0) is 56.8 Å². The first kappa shape index (κ1) is 12.4. The number of rotatable bonds is 8. The summed E-state index contributed by atoms with van der Waals surface area (Å²) in [4.78, 5) is 0. The van der Waals surface area contributed by atoms with Gasteiger partial charge >= 0.3 is 0 Å². The molecular formula is C15H29N. The summed E-state index contributed by atoms with van der Waals surface area (Å²) < 4.78 is 0. The molecule has 0 aromatic heterocycles. The van der Waals surface area contributed by atoms with Crippen LogP contribution < -0.4 is 5.32 Å². The third-order valence-corrected chi connectivity index (χ3v) is 4.16. The van der Waals surface area contributed by atoms with Crippen LogP contribution in [0.3, 0.4) is 0 Å². The Morgan fingerprint density at radius 2 is 1.50 bits per heavy atom.